The van der Waals surface area contributed by atoms with Crippen LogP contribution in [0.1, 0.15) is 18.4 Å². The lowest BCUT2D eigenvalue weighted by atomic mass is 10.1. The molecule has 9 heteroatoms. The summed E-state index contributed by atoms with van der Waals surface area (Å²) < 4.78 is 26.0. The molecule has 1 saturated heterocycles. The Kier molecular flexibility index (Phi) is 6.75. The number of nitrogens with zero attached hydrogens (tertiary/aromatic N) is 2. The molecule has 0 aliphatic carbocycles. The maximum absolute atomic E-state index is 13.0. The molecule has 1 aliphatic heterocycles. The Labute approximate surface area is 198 Å². The van der Waals surface area contributed by atoms with Crippen LogP contribution in [-0.4, -0.2) is 31.7 Å². The standard InChI is InChI=1S/C21H19BrCl2N2O2S2/c22-12-14-1-4-16(5-2-14)30(27,28)17-7-9-26(10-8-17)21-25-20(13-29-21)15-3-6-18(23)19(24)11-15/h1-6,11,13,17H,7-10,12H2. The molecular weight excluding hydrogens is 527 g/mol. The molecular formula is C21H19BrCl2N2O2S2. The van der Waals surface area contributed by atoms with Crippen LogP contribution in [0, 0.1) is 0 Å². The zero-order chi connectivity index (χ0) is 21.3. The number of alkyl halides is 1. The van der Waals surface area contributed by atoms with Crippen molar-refractivity contribution in [2.45, 2.75) is 28.3 Å². The van der Waals surface area contributed by atoms with Gasteiger partial charge in [0.2, 0.25) is 0 Å². The third-order valence-corrected chi connectivity index (χ3v) is 9.83. The summed E-state index contributed by atoms with van der Waals surface area (Å²) >= 11 is 17.1. The van der Waals surface area contributed by atoms with Gasteiger partial charge in [0, 0.05) is 29.4 Å². The van der Waals surface area contributed by atoms with E-state index in [1.165, 1.54) is 0 Å². The van der Waals surface area contributed by atoms with Crippen LogP contribution >= 0.6 is 50.5 Å². The molecule has 0 saturated carbocycles. The van der Waals surface area contributed by atoms with Gasteiger partial charge in [0.15, 0.2) is 15.0 Å². The molecule has 0 amide bonds. The Morgan fingerprint density at radius 1 is 1.07 bits per heavy atom. The minimum absolute atomic E-state index is 0.363. The van der Waals surface area contributed by atoms with Crippen LogP contribution in [0.5, 0.6) is 0 Å². The van der Waals surface area contributed by atoms with Crippen molar-refractivity contribution in [1.29, 1.82) is 0 Å². The van der Waals surface area contributed by atoms with Gasteiger partial charge in [-0.1, -0.05) is 57.3 Å². The highest BCUT2D eigenvalue weighted by atomic mass is 79.9. The summed E-state index contributed by atoms with van der Waals surface area (Å²) in [6, 6.07) is 12.6. The maximum atomic E-state index is 13.0. The topological polar surface area (TPSA) is 50.3 Å². The van der Waals surface area contributed by atoms with E-state index in [1.54, 1.807) is 29.5 Å². The van der Waals surface area contributed by atoms with Gasteiger partial charge in [-0.2, -0.15) is 0 Å². The zero-order valence-corrected chi connectivity index (χ0v) is 20.6. The van der Waals surface area contributed by atoms with Gasteiger partial charge in [-0.15, -0.1) is 11.3 Å². The summed E-state index contributed by atoms with van der Waals surface area (Å²) in [5.74, 6) is 0. The number of hydrogen-bond acceptors (Lipinski definition) is 5. The van der Waals surface area contributed by atoms with Crippen LogP contribution in [0.2, 0.25) is 10.0 Å². The summed E-state index contributed by atoms with van der Waals surface area (Å²) in [7, 11) is -3.33. The fraction of sp³-hybridized carbons (Fsp3) is 0.286. The Hall–Kier alpha value is -1.12. The maximum Gasteiger partial charge on any atom is 0.185 e. The van der Waals surface area contributed by atoms with Crippen molar-refractivity contribution in [2.75, 3.05) is 18.0 Å². The largest absolute Gasteiger partial charge is 0.348 e. The second kappa shape index (κ2) is 9.17. The van der Waals surface area contributed by atoms with Crippen molar-refractivity contribution in [1.82, 2.24) is 4.98 Å². The first-order valence-corrected chi connectivity index (χ1v) is 13.7. The van der Waals surface area contributed by atoms with Gasteiger partial charge in [0.1, 0.15) is 0 Å². The third kappa shape index (κ3) is 4.55. The van der Waals surface area contributed by atoms with E-state index in [0.717, 1.165) is 22.0 Å². The molecule has 1 aliphatic rings. The first-order chi connectivity index (χ1) is 14.4. The molecule has 0 unspecified atom stereocenters. The summed E-state index contributed by atoms with van der Waals surface area (Å²) in [4.78, 5) is 7.29. The summed E-state index contributed by atoms with van der Waals surface area (Å²) in [5.41, 5.74) is 2.82. The lowest BCUT2D eigenvalue weighted by molar-refractivity contribution is 0.529. The quantitative estimate of drug-likeness (QED) is 0.345. The van der Waals surface area contributed by atoms with Crippen molar-refractivity contribution in [3.63, 3.8) is 0 Å². The van der Waals surface area contributed by atoms with E-state index >= 15 is 0 Å². The molecule has 0 spiro atoms. The zero-order valence-electron chi connectivity index (χ0n) is 15.9. The number of aromatic nitrogens is 1. The highest BCUT2D eigenvalue weighted by Gasteiger charge is 2.32. The SMILES string of the molecule is O=S(=O)(c1ccc(CBr)cc1)C1CCN(c2nc(-c3ccc(Cl)c(Cl)c3)cs2)CC1. The summed E-state index contributed by atoms with van der Waals surface area (Å²) in [6.45, 7) is 1.33. The normalized spacial score (nSPS) is 15.5. The molecule has 1 fully saturated rings. The number of halogens is 3. The number of piperidine rings is 1. The van der Waals surface area contributed by atoms with Crippen molar-refractivity contribution in [2.24, 2.45) is 0 Å². The molecule has 4 nitrogen and oxygen atoms in total. The van der Waals surface area contributed by atoms with Crippen LogP contribution in [0.3, 0.4) is 0 Å². The number of hydrogen-bond donors (Lipinski definition) is 0. The number of sulfone groups is 1. The van der Waals surface area contributed by atoms with Crippen LogP contribution in [0.25, 0.3) is 11.3 Å². The van der Waals surface area contributed by atoms with Crippen molar-refractivity contribution in [3.05, 3.63) is 63.5 Å². The van der Waals surface area contributed by atoms with E-state index in [1.807, 2.05) is 29.6 Å². The first-order valence-electron chi connectivity index (χ1n) is 9.43. The minimum Gasteiger partial charge on any atom is -0.348 e. The van der Waals surface area contributed by atoms with Gasteiger partial charge in [-0.25, -0.2) is 13.4 Å². The minimum atomic E-state index is -3.33. The fourth-order valence-corrected chi connectivity index (χ4v) is 6.81. The van der Waals surface area contributed by atoms with Gasteiger partial charge >= 0.3 is 0 Å². The average Bonchev–Trinajstić information content (AvgIpc) is 3.26. The molecule has 2 heterocycles. The molecule has 0 atom stereocenters. The van der Waals surface area contributed by atoms with Crippen molar-refractivity contribution < 1.29 is 8.42 Å². The van der Waals surface area contributed by atoms with E-state index < -0.39 is 9.84 Å². The van der Waals surface area contributed by atoms with E-state index in [2.05, 4.69) is 20.8 Å². The van der Waals surface area contributed by atoms with Gasteiger partial charge in [-0.3, -0.25) is 0 Å². The van der Waals surface area contributed by atoms with Crippen LogP contribution in [0.4, 0.5) is 5.13 Å². The Morgan fingerprint density at radius 2 is 1.77 bits per heavy atom. The number of anilines is 1. The highest BCUT2D eigenvalue weighted by Crippen LogP contribution is 2.33. The average molecular weight is 546 g/mol. The molecule has 0 radical (unpaired) electrons. The smallest absolute Gasteiger partial charge is 0.185 e. The molecule has 3 aromatic rings. The van der Waals surface area contributed by atoms with E-state index in [4.69, 9.17) is 28.2 Å². The molecule has 0 N–H and O–H groups in total. The molecule has 30 heavy (non-hydrogen) atoms. The lowest BCUT2D eigenvalue weighted by Gasteiger charge is -2.31. The van der Waals surface area contributed by atoms with Gasteiger partial charge < -0.3 is 4.90 Å². The van der Waals surface area contributed by atoms with E-state index in [0.29, 0.717) is 46.2 Å². The second-order valence-corrected chi connectivity index (χ2v) is 11.6. The fourth-order valence-electron chi connectivity index (χ4n) is 3.52. The monoisotopic (exact) mass is 544 g/mol. The van der Waals surface area contributed by atoms with Crippen molar-refractivity contribution >= 4 is 65.4 Å². The summed E-state index contributed by atoms with van der Waals surface area (Å²) in [6.07, 6.45) is 1.18. The van der Waals surface area contributed by atoms with Crippen LogP contribution in [-0.2, 0) is 15.2 Å². The Balaban J connectivity index is 1.44. The van der Waals surface area contributed by atoms with E-state index in [-0.39, 0.29) is 5.25 Å². The van der Waals surface area contributed by atoms with E-state index in [9.17, 15) is 8.42 Å². The van der Waals surface area contributed by atoms with Crippen LogP contribution < -0.4 is 4.90 Å². The first kappa shape index (κ1) is 22.1. The predicted octanol–water partition coefficient (Wildman–Crippen LogP) is 6.45. The van der Waals surface area contributed by atoms with Crippen molar-refractivity contribution in [3.8, 4) is 11.3 Å². The Bertz CT molecular complexity index is 1140. The predicted molar refractivity (Wildman–Crippen MR) is 129 cm³/mol. The summed E-state index contributed by atoms with van der Waals surface area (Å²) in [5, 5.41) is 4.25. The van der Waals surface area contributed by atoms with Gasteiger partial charge in [-0.05, 0) is 42.7 Å². The van der Waals surface area contributed by atoms with Gasteiger partial charge in [0.25, 0.3) is 0 Å². The molecule has 1 aromatic heterocycles. The lowest BCUT2D eigenvalue weighted by Crippen LogP contribution is -2.39. The molecule has 2 aromatic carbocycles. The number of benzene rings is 2. The molecule has 158 valence electrons. The van der Waals surface area contributed by atoms with Gasteiger partial charge in [0.05, 0.1) is 25.9 Å². The third-order valence-electron chi connectivity index (χ3n) is 5.26. The second-order valence-electron chi connectivity index (χ2n) is 7.15. The number of rotatable bonds is 5. The number of thiazole rings is 1. The molecule has 0 bridgehead atoms. The van der Waals surface area contributed by atoms with Crippen LogP contribution in [0.15, 0.2) is 52.7 Å². The Morgan fingerprint density at radius 3 is 2.40 bits per heavy atom. The molecule has 4 rings (SSSR count). The highest BCUT2D eigenvalue weighted by molar-refractivity contribution is 9.08.